The van der Waals surface area contributed by atoms with Crippen LogP contribution in [0.15, 0.2) is 54.6 Å². The molecule has 4 rings (SSSR count). The van der Waals surface area contributed by atoms with Crippen LogP contribution in [0, 0.1) is 5.82 Å². The molecule has 4 heteroatoms. The molecule has 0 unspecified atom stereocenters. The van der Waals surface area contributed by atoms with E-state index in [9.17, 15) is 9.18 Å². The Morgan fingerprint density at radius 2 is 1.84 bits per heavy atom. The zero-order valence-corrected chi connectivity index (χ0v) is 14.4. The van der Waals surface area contributed by atoms with E-state index in [4.69, 9.17) is 0 Å². The predicted molar refractivity (Wildman–Crippen MR) is 97.7 cm³/mol. The van der Waals surface area contributed by atoms with Crippen molar-refractivity contribution in [3.8, 4) is 0 Å². The van der Waals surface area contributed by atoms with E-state index in [1.165, 1.54) is 17.7 Å². The van der Waals surface area contributed by atoms with Crippen LogP contribution >= 0.6 is 0 Å². The van der Waals surface area contributed by atoms with Gasteiger partial charge in [0.05, 0.1) is 0 Å². The predicted octanol–water partition coefficient (Wildman–Crippen LogP) is 3.85. The number of halogens is 1. The van der Waals surface area contributed by atoms with E-state index in [-0.39, 0.29) is 17.1 Å². The maximum Gasteiger partial charge on any atom is 0.223 e. The van der Waals surface area contributed by atoms with Gasteiger partial charge in [0.25, 0.3) is 0 Å². The first-order valence-corrected chi connectivity index (χ1v) is 8.57. The molecule has 1 fully saturated rings. The Morgan fingerprint density at radius 1 is 1.12 bits per heavy atom. The van der Waals surface area contributed by atoms with Crippen molar-refractivity contribution in [1.82, 2.24) is 5.32 Å². The highest BCUT2D eigenvalue weighted by atomic mass is 19.1. The quantitative estimate of drug-likeness (QED) is 0.903. The van der Waals surface area contributed by atoms with Gasteiger partial charge in [-0.25, -0.2) is 4.39 Å². The summed E-state index contributed by atoms with van der Waals surface area (Å²) >= 11 is 0. The maximum atomic E-state index is 13.2. The van der Waals surface area contributed by atoms with Gasteiger partial charge in [0.1, 0.15) is 11.5 Å². The first-order chi connectivity index (χ1) is 11.9. The fourth-order valence-corrected chi connectivity index (χ4v) is 4.11. The number of nitrogens with zero attached hydrogens (tertiary/aromatic N) is 1. The van der Waals surface area contributed by atoms with Crippen molar-refractivity contribution in [2.75, 3.05) is 11.4 Å². The molecule has 128 valence electrons. The number of rotatable bonds is 2. The van der Waals surface area contributed by atoms with Crippen molar-refractivity contribution in [2.24, 2.45) is 0 Å². The Morgan fingerprint density at radius 3 is 2.60 bits per heavy atom. The summed E-state index contributed by atoms with van der Waals surface area (Å²) in [6, 6.07) is 14.7. The van der Waals surface area contributed by atoms with Crippen LogP contribution in [0.3, 0.4) is 0 Å². The summed E-state index contributed by atoms with van der Waals surface area (Å²) in [5, 5.41) is 3.24. The Hall–Kier alpha value is -2.62. The topological polar surface area (TPSA) is 32.3 Å². The second-order valence-electron chi connectivity index (χ2n) is 7.24. The standard InChI is InChI=1S/C21H21FN2O/c1-20(2)17-5-3-4-6-18(17)24-14-12-19(25)23-21(20,24)13-11-15-7-9-16(22)10-8-15/h3-11,13H,12,14H2,1-2H3,(H,23,25)/b13-11+/t21-/m1/s1. The van der Waals surface area contributed by atoms with Crippen LogP contribution in [0.5, 0.6) is 0 Å². The van der Waals surface area contributed by atoms with E-state index in [1.807, 2.05) is 18.2 Å². The van der Waals surface area contributed by atoms with Gasteiger partial charge in [0, 0.05) is 24.1 Å². The molecule has 0 aliphatic carbocycles. The zero-order chi connectivity index (χ0) is 17.7. The zero-order valence-electron chi connectivity index (χ0n) is 14.4. The summed E-state index contributed by atoms with van der Waals surface area (Å²) < 4.78 is 13.2. The Kier molecular flexibility index (Phi) is 3.46. The lowest BCUT2D eigenvalue weighted by atomic mass is 9.74. The lowest BCUT2D eigenvalue weighted by Crippen LogP contribution is -2.68. The number of para-hydroxylation sites is 1. The molecule has 0 aromatic heterocycles. The lowest BCUT2D eigenvalue weighted by molar-refractivity contribution is -0.124. The number of hydrogen-bond acceptors (Lipinski definition) is 2. The van der Waals surface area contributed by atoms with Crippen LogP contribution in [-0.4, -0.2) is 18.1 Å². The van der Waals surface area contributed by atoms with Crippen molar-refractivity contribution >= 4 is 17.7 Å². The number of amides is 1. The van der Waals surface area contributed by atoms with Crippen LogP contribution in [0.25, 0.3) is 6.08 Å². The number of fused-ring (bicyclic) bond motifs is 3. The summed E-state index contributed by atoms with van der Waals surface area (Å²) in [5.41, 5.74) is 2.37. The molecule has 2 aromatic rings. The van der Waals surface area contributed by atoms with Gasteiger partial charge >= 0.3 is 0 Å². The molecule has 0 saturated carbocycles. The smallest absolute Gasteiger partial charge is 0.223 e. The Bertz CT molecular complexity index is 856. The van der Waals surface area contributed by atoms with Crippen LogP contribution in [-0.2, 0) is 10.2 Å². The minimum Gasteiger partial charge on any atom is -0.344 e. The summed E-state index contributed by atoms with van der Waals surface area (Å²) in [4.78, 5) is 14.6. The fraction of sp³-hybridized carbons (Fsp3) is 0.286. The normalized spacial score (nSPS) is 24.1. The molecule has 2 aliphatic rings. The molecule has 1 N–H and O–H groups in total. The molecule has 1 saturated heterocycles. The molecule has 25 heavy (non-hydrogen) atoms. The molecule has 2 heterocycles. The van der Waals surface area contributed by atoms with E-state index < -0.39 is 5.66 Å². The van der Waals surface area contributed by atoms with E-state index in [1.54, 1.807) is 12.1 Å². The highest BCUT2D eigenvalue weighted by Crippen LogP contribution is 2.52. The van der Waals surface area contributed by atoms with Gasteiger partial charge in [-0.15, -0.1) is 0 Å². The monoisotopic (exact) mass is 336 g/mol. The highest BCUT2D eigenvalue weighted by molar-refractivity contribution is 5.84. The van der Waals surface area contributed by atoms with E-state index in [2.05, 4.69) is 42.3 Å². The van der Waals surface area contributed by atoms with E-state index in [0.717, 1.165) is 11.3 Å². The number of hydrogen-bond donors (Lipinski definition) is 1. The molecule has 1 amide bonds. The molecule has 2 aromatic carbocycles. The second-order valence-corrected chi connectivity index (χ2v) is 7.24. The van der Waals surface area contributed by atoms with Crippen LogP contribution in [0.1, 0.15) is 31.4 Å². The van der Waals surface area contributed by atoms with Crippen LogP contribution in [0.2, 0.25) is 0 Å². The maximum absolute atomic E-state index is 13.2. The third-order valence-corrected chi connectivity index (χ3v) is 5.53. The van der Waals surface area contributed by atoms with Gasteiger partial charge < -0.3 is 10.2 Å². The van der Waals surface area contributed by atoms with Crippen LogP contribution < -0.4 is 10.2 Å². The van der Waals surface area contributed by atoms with Gasteiger partial charge in [-0.3, -0.25) is 4.79 Å². The number of carbonyl (C=O) groups is 1. The van der Waals surface area contributed by atoms with Gasteiger partial charge in [-0.2, -0.15) is 0 Å². The van der Waals surface area contributed by atoms with E-state index >= 15 is 0 Å². The number of nitrogens with one attached hydrogen (secondary N) is 1. The highest BCUT2D eigenvalue weighted by Gasteiger charge is 2.57. The molecule has 0 bridgehead atoms. The number of carbonyl (C=O) groups excluding carboxylic acids is 1. The minimum atomic E-state index is -0.625. The number of anilines is 1. The largest absolute Gasteiger partial charge is 0.344 e. The van der Waals surface area contributed by atoms with Gasteiger partial charge in [0.15, 0.2) is 0 Å². The van der Waals surface area contributed by atoms with Crippen molar-refractivity contribution in [3.05, 3.63) is 71.6 Å². The first kappa shape index (κ1) is 15.9. The molecule has 2 aliphatic heterocycles. The molecule has 0 radical (unpaired) electrons. The average molecular weight is 336 g/mol. The fourth-order valence-electron chi connectivity index (χ4n) is 4.11. The molecule has 1 atom stereocenters. The average Bonchev–Trinajstić information content (AvgIpc) is 2.79. The van der Waals surface area contributed by atoms with Crippen molar-refractivity contribution in [2.45, 2.75) is 31.3 Å². The first-order valence-electron chi connectivity index (χ1n) is 8.57. The molecule has 3 nitrogen and oxygen atoms in total. The Balaban J connectivity index is 1.83. The third kappa shape index (κ3) is 2.28. The SMILES string of the molecule is CC1(C)c2ccccc2N2CCC(=O)N[C@]21/C=C/c1ccc(F)cc1. The summed E-state index contributed by atoms with van der Waals surface area (Å²) in [6.07, 6.45) is 4.50. The summed E-state index contributed by atoms with van der Waals surface area (Å²) in [6.45, 7) is 5.00. The van der Waals surface area contributed by atoms with Crippen molar-refractivity contribution in [3.63, 3.8) is 0 Å². The molecular weight excluding hydrogens is 315 g/mol. The minimum absolute atomic E-state index is 0.0564. The Labute approximate surface area is 147 Å². The third-order valence-electron chi connectivity index (χ3n) is 5.53. The second kappa shape index (κ2) is 5.45. The van der Waals surface area contributed by atoms with Crippen molar-refractivity contribution < 1.29 is 9.18 Å². The van der Waals surface area contributed by atoms with Gasteiger partial charge in [-0.05, 0) is 35.4 Å². The van der Waals surface area contributed by atoms with Crippen LogP contribution in [0.4, 0.5) is 10.1 Å². The van der Waals surface area contributed by atoms with Gasteiger partial charge in [0.2, 0.25) is 5.91 Å². The summed E-state index contributed by atoms with van der Waals surface area (Å²) in [7, 11) is 0. The summed E-state index contributed by atoms with van der Waals surface area (Å²) in [5.74, 6) is -0.197. The van der Waals surface area contributed by atoms with Crippen molar-refractivity contribution in [1.29, 1.82) is 0 Å². The lowest BCUT2D eigenvalue weighted by Gasteiger charge is -2.49. The van der Waals surface area contributed by atoms with E-state index in [0.29, 0.717) is 13.0 Å². The number of benzene rings is 2. The molecule has 0 spiro atoms. The van der Waals surface area contributed by atoms with Gasteiger partial charge in [-0.1, -0.05) is 50.3 Å². The molecular formula is C21H21FN2O.